The molecule has 194 valence electrons. The highest BCUT2D eigenvalue weighted by Gasteiger charge is 2.40. The first-order valence-electron chi connectivity index (χ1n) is 11.3. The molecule has 3 aromatic rings. The van der Waals surface area contributed by atoms with Gasteiger partial charge >= 0.3 is 0 Å². The lowest BCUT2D eigenvalue weighted by Gasteiger charge is -2.36. The molecule has 12 heteroatoms. The van der Waals surface area contributed by atoms with Crippen molar-refractivity contribution < 1.29 is 36.3 Å². The van der Waals surface area contributed by atoms with Crippen LogP contribution in [-0.2, 0) is 14.6 Å². The molecule has 0 saturated carbocycles. The summed E-state index contributed by atoms with van der Waals surface area (Å²) in [4.78, 5) is 41.4. The minimum Gasteiger partial charge on any atom is -0.497 e. The predicted octanol–water partition coefficient (Wildman–Crippen LogP) is 1.94. The zero-order valence-electron chi connectivity index (χ0n) is 19.8. The first-order valence-corrected chi connectivity index (χ1v) is 12.8. The lowest BCUT2D eigenvalue weighted by Crippen LogP contribution is -2.57. The van der Waals surface area contributed by atoms with E-state index in [1.165, 1.54) is 30.4 Å². The average Bonchev–Trinajstić information content (AvgIpc) is 3.46. The van der Waals surface area contributed by atoms with Crippen LogP contribution in [0.5, 0.6) is 5.75 Å². The van der Waals surface area contributed by atoms with E-state index in [1.54, 1.807) is 29.2 Å². The molecule has 1 aliphatic rings. The second-order valence-electron chi connectivity index (χ2n) is 8.18. The van der Waals surface area contributed by atoms with Crippen LogP contribution in [0.2, 0.25) is 0 Å². The number of halogens is 1. The summed E-state index contributed by atoms with van der Waals surface area (Å²) < 4.78 is 50.3. The highest BCUT2D eigenvalue weighted by atomic mass is 32.2. The van der Waals surface area contributed by atoms with Crippen LogP contribution in [0.4, 0.5) is 4.39 Å². The Morgan fingerprint density at radius 3 is 2.27 bits per heavy atom. The van der Waals surface area contributed by atoms with Crippen LogP contribution in [0, 0.1) is 5.82 Å². The number of sulfone groups is 1. The predicted molar refractivity (Wildman–Crippen MR) is 129 cm³/mol. The molecule has 0 aliphatic carbocycles. The van der Waals surface area contributed by atoms with Crippen molar-refractivity contribution in [2.24, 2.45) is 0 Å². The van der Waals surface area contributed by atoms with Gasteiger partial charge in [0.1, 0.15) is 11.6 Å². The summed E-state index contributed by atoms with van der Waals surface area (Å²) in [5.74, 6) is -2.34. The minimum absolute atomic E-state index is 0.0423. The molecular formula is C25H24FN3O7S. The molecule has 1 aromatic heterocycles. The summed E-state index contributed by atoms with van der Waals surface area (Å²) in [7, 11) is -2.96. The average molecular weight is 530 g/mol. The number of carbonyl (C=O) groups is 3. The van der Waals surface area contributed by atoms with Crippen molar-refractivity contribution in [1.29, 1.82) is 0 Å². The molecule has 4 rings (SSSR count). The Balaban J connectivity index is 1.52. The minimum atomic E-state index is -4.46. The maximum atomic E-state index is 13.4. The van der Waals surface area contributed by atoms with Crippen molar-refractivity contribution in [1.82, 2.24) is 15.1 Å². The lowest BCUT2D eigenvalue weighted by atomic mass is 10.1. The highest BCUT2D eigenvalue weighted by Crippen LogP contribution is 2.20. The third-order valence-electron chi connectivity index (χ3n) is 5.88. The van der Waals surface area contributed by atoms with Crippen LogP contribution in [0.3, 0.4) is 0 Å². The van der Waals surface area contributed by atoms with Gasteiger partial charge in [0, 0.05) is 31.7 Å². The van der Waals surface area contributed by atoms with Gasteiger partial charge in [0.25, 0.3) is 17.7 Å². The second-order valence-corrected chi connectivity index (χ2v) is 10.2. The first kappa shape index (κ1) is 25.9. The molecule has 1 unspecified atom stereocenters. The van der Waals surface area contributed by atoms with E-state index in [-0.39, 0.29) is 42.7 Å². The third-order valence-corrected chi connectivity index (χ3v) is 7.75. The molecule has 1 N–H and O–H groups in total. The van der Waals surface area contributed by atoms with Crippen LogP contribution in [-0.4, -0.2) is 74.6 Å². The molecule has 1 saturated heterocycles. The largest absolute Gasteiger partial charge is 0.497 e. The number of ether oxygens (including phenoxy) is 1. The standard InChI is InChI=1S/C25H24FN3O7S/c1-35-19-5-2-4-17(16-19)24(31)28-11-13-29(14-12-28)25(32)23(27-22(30)21-6-3-15-36-21)37(33,34)20-9-7-18(26)8-10-20/h2-10,15-16,23H,11-14H2,1H3,(H,27,30). The number of piperazine rings is 1. The molecule has 1 fully saturated rings. The molecule has 1 aliphatic heterocycles. The van der Waals surface area contributed by atoms with Crippen molar-refractivity contribution in [3.63, 3.8) is 0 Å². The number of rotatable bonds is 7. The molecule has 2 heterocycles. The van der Waals surface area contributed by atoms with Crippen LogP contribution in [0.1, 0.15) is 20.9 Å². The maximum Gasteiger partial charge on any atom is 0.288 e. The van der Waals surface area contributed by atoms with E-state index >= 15 is 0 Å². The van der Waals surface area contributed by atoms with Gasteiger partial charge in [-0.15, -0.1) is 0 Å². The van der Waals surface area contributed by atoms with Gasteiger partial charge in [-0.05, 0) is 54.6 Å². The SMILES string of the molecule is COc1cccc(C(=O)N2CCN(C(=O)C(NC(=O)c3ccco3)S(=O)(=O)c3ccc(F)cc3)CC2)c1. The third kappa shape index (κ3) is 5.64. The van der Waals surface area contributed by atoms with Gasteiger partial charge in [-0.3, -0.25) is 14.4 Å². The number of nitrogens with one attached hydrogen (secondary N) is 1. The van der Waals surface area contributed by atoms with Crippen molar-refractivity contribution in [2.45, 2.75) is 10.3 Å². The van der Waals surface area contributed by atoms with E-state index < -0.39 is 32.8 Å². The number of methoxy groups -OCH3 is 1. The molecular weight excluding hydrogens is 505 g/mol. The topological polar surface area (TPSA) is 126 Å². The molecule has 1 atom stereocenters. The Kier molecular flexibility index (Phi) is 7.58. The van der Waals surface area contributed by atoms with Crippen molar-refractivity contribution >= 4 is 27.6 Å². The zero-order valence-corrected chi connectivity index (χ0v) is 20.6. The van der Waals surface area contributed by atoms with E-state index in [0.717, 1.165) is 24.3 Å². The van der Waals surface area contributed by atoms with Crippen molar-refractivity contribution in [3.05, 3.63) is 84.1 Å². The maximum absolute atomic E-state index is 13.4. The first-order chi connectivity index (χ1) is 17.7. The van der Waals surface area contributed by atoms with Gasteiger partial charge in [0.2, 0.25) is 15.2 Å². The molecule has 0 bridgehead atoms. The van der Waals surface area contributed by atoms with Gasteiger partial charge in [0.15, 0.2) is 5.76 Å². The van der Waals surface area contributed by atoms with Gasteiger partial charge in [-0.1, -0.05) is 6.07 Å². The fraction of sp³-hybridized carbons (Fsp3) is 0.240. The van der Waals surface area contributed by atoms with Crippen LogP contribution >= 0.6 is 0 Å². The second kappa shape index (κ2) is 10.8. The Hall–Kier alpha value is -4.19. The fourth-order valence-electron chi connectivity index (χ4n) is 3.86. The number of carbonyl (C=O) groups excluding carboxylic acids is 3. The summed E-state index contributed by atoms with van der Waals surface area (Å²) >= 11 is 0. The summed E-state index contributed by atoms with van der Waals surface area (Å²) in [6.07, 6.45) is 1.23. The Morgan fingerprint density at radius 1 is 0.973 bits per heavy atom. The van der Waals surface area contributed by atoms with E-state index in [4.69, 9.17) is 9.15 Å². The molecule has 2 aromatic carbocycles. The zero-order chi connectivity index (χ0) is 26.6. The number of amides is 3. The van der Waals surface area contributed by atoms with Crippen LogP contribution in [0.15, 0.2) is 76.2 Å². The summed E-state index contributed by atoms with van der Waals surface area (Å²) in [6.45, 7) is 0.385. The van der Waals surface area contributed by atoms with Gasteiger partial charge in [0.05, 0.1) is 18.3 Å². The summed E-state index contributed by atoms with van der Waals surface area (Å²) in [6, 6.07) is 13.4. The number of furan rings is 1. The van der Waals surface area contributed by atoms with Gasteiger partial charge in [-0.2, -0.15) is 0 Å². The lowest BCUT2D eigenvalue weighted by molar-refractivity contribution is -0.132. The number of hydrogen-bond acceptors (Lipinski definition) is 7. The molecule has 37 heavy (non-hydrogen) atoms. The number of benzene rings is 2. The number of hydrogen-bond donors (Lipinski definition) is 1. The Bertz CT molecular complexity index is 1380. The summed E-state index contributed by atoms with van der Waals surface area (Å²) in [5, 5.41) is 0.253. The van der Waals surface area contributed by atoms with E-state index in [0.29, 0.717) is 11.3 Å². The van der Waals surface area contributed by atoms with Gasteiger partial charge < -0.3 is 24.3 Å². The Morgan fingerprint density at radius 2 is 1.65 bits per heavy atom. The van der Waals surface area contributed by atoms with E-state index in [2.05, 4.69) is 5.32 Å². The fourth-order valence-corrected chi connectivity index (χ4v) is 5.33. The monoisotopic (exact) mass is 529 g/mol. The molecule has 3 amide bonds. The molecule has 0 spiro atoms. The smallest absolute Gasteiger partial charge is 0.288 e. The van der Waals surface area contributed by atoms with Crippen molar-refractivity contribution in [2.75, 3.05) is 33.3 Å². The molecule has 10 nitrogen and oxygen atoms in total. The highest BCUT2D eigenvalue weighted by molar-refractivity contribution is 7.92. The quantitative estimate of drug-likeness (QED) is 0.464. The number of nitrogens with zero attached hydrogens (tertiary/aromatic N) is 2. The van der Waals surface area contributed by atoms with Crippen LogP contribution < -0.4 is 10.1 Å². The van der Waals surface area contributed by atoms with Crippen molar-refractivity contribution in [3.8, 4) is 5.75 Å². The summed E-state index contributed by atoms with van der Waals surface area (Å²) in [5.41, 5.74) is 0.418. The normalized spacial score (nSPS) is 14.6. The van der Waals surface area contributed by atoms with E-state index in [9.17, 15) is 27.2 Å². The Labute approximate surface area is 212 Å². The van der Waals surface area contributed by atoms with E-state index in [1.807, 2.05) is 0 Å². The van der Waals surface area contributed by atoms with Gasteiger partial charge in [-0.25, -0.2) is 12.8 Å². The van der Waals surface area contributed by atoms with Crippen LogP contribution in [0.25, 0.3) is 0 Å². The molecule has 0 radical (unpaired) electrons.